The minimum atomic E-state index is 1.14. The van der Waals surface area contributed by atoms with Gasteiger partial charge in [0.1, 0.15) is 0 Å². The van der Waals surface area contributed by atoms with Crippen LogP contribution in [0.1, 0.15) is 51.8 Å². The van der Waals surface area contributed by atoms with Gasteiger partial charge in [0.15, 0.2) is 0 Å². The molecule has 0 aliphatic carbocycles. The van der Waals surface area contributed by atoms with Gasteiger partial charge in [-0.3, -0.25) is 5.10 Å². The van der Waals surface area contributed by atoms with E-state index in [1.165, 1.54) is 24.0 Å². The van der Waals surface area contributed by atoms with E-state index in [0.29, 0.717) is 0 Å². The van der Waals surface area contributed by atoms with Crippen molar-refractivity contribution in [2.75, 3.05) is 0 Å². The molecule has 0 spiro atoms. The van der Waals surface area contributed by atoms with E-state index in [2.05, 4.69) is 30.1 Å². The van der Waals surface area contributed by atoms with E-state index < -0.39 is 0 Å². The van der Waals surface area contributed by atoms with Gasteiger partial charge in [-0.25, -0.2) is 0 Å². The van der Waals surface area contributed by atoms with Crippen LogP contribution in [0.15, 0.2) is 11.8 Å². The molecule has 0 aromatic carbocycles. The molecule has 0 aliphatic heterocycles. The third kappa shape index (κ3) is 4.26. The van der Waals surface area contributed by atoms with Crippen molar-refractivity contribution in [1.29, 1.82) is 0 Å². The van der Waals surface area contributed by atoms with Crippen LogP contribution in [0, 0.1) is 6.92 Å². The number of nitrogens with one attached hydrogen (secondary N) is 1. The summed E-state index contributed by atoms with van der Waals surface area (Å²) in [6, 6.07) is 0. The lowest BCUT2D eigenvalue weighted by Crippen LogP contribution is -1.78. The van der Waals surface area contributed by atoms with Gasteiger partial charge in [-0.1, -0.05) is 38.8 Å². The zero-order chi connectivity index (χ0) is 11.0. The van der Waals surface area contributed by atoms with E-state index in [1.807, 2.05) is 27.0 Å². The summed E-state index contributed by atoms with van der Waals surface area (Å²) in [7, 11) is 0. The number of aryl methyl sites for hydroxylation is 1. The van der Waals surface area contributed by atoms with Crippen LogP contribution in [-0.2, 0) is 0 Å². The normalized spacial score (nSPS) is 10.8. The molecule has 0 bridgehead atoms. The molecule has 80 valence electrons. The van der Waals surface area contributed by atoms with Crippen LogP contribution >= 0.6 is 0 Å². The van der Waals surface area contributed by atoms with Gasteiger partial charge >= 0.3 is 0 Å². The minimum absolute atomic E-state index is 1.14. The van der Waals surface area contributed by atoms with Gasteiger partial charge < -0.3 is 0 Å². The Bertz CT molecular complexity index is 272. The fraction of sp³-hybridized carbons (Fsp3) is 0.583. The van der Waals surface area contributed by atoms with Crippen LogP contribution in [0.25, 0.3) is 6.08 Å². The summed E-state index contributed by atoms with van der Waals surface area (Å²) in [6.07, 6.45) is 6.45. The third-order valence-electron chi connectivity index (χ3n) is 1.92. The van der Waals surface area contributed by atoms with Crippen LogP contribution in [0.5, 0.6) is 0 Å². The Balaban J connectivity index is 0.000000791. The van der Waals surface area contributed by atoms with Crippen molar-refractivity contribution in [3.63, 3.8) is 0 Å². The van der Waals surface area contributed by atoms with Crippen LogP contribution in [0.4, 0.5) is 0 Å². The summed E-state index contributed by atoms with van der Waals surface area (Å²) in [5.74, 6) is 0. The van der Waals surface area contributed by atoms with Crippen molar-refractivity contribution in [2.45, 2.75) is 47.5 Å². The Morgan fingerprint density at radius 3 is 2.57 bits per heavy atom. The van der Waals surface area contributed by atoms with Crippen molar-refractivity contribution >= 4 is 6.08 Å². The lowest BCUT2D eigenvalue weighted by atomic mass is 10.1. The quantitative estimate of drug-likeness (QED) is 0.775. The van der Waals surface area contributed by atoms with E-state index in [9.17, 15) is 0 Å². The largest absolute Gasteiger partial charge is 0.282 e. The van der Waals surface area contributed by atoms with E-state index in [4.69, 9.17) is 0 Å². The van der Waals surface area contributed by atoms with Crippen LogP contribution in [-0.4, -0.2) is 10.2 Å². The predicted octanol–water partition coefficient (Wildman–Crippen LogP) is 3.95. The molecule has 1 heterocycles. The zero-order valence-electron chi connectivity index (χ0n) is 10.0. The molecule has 0 amide bonds. The molecule has 1 N–H and O–H groups in total. The van der Waals surface area contributed by atoms with Gasteiger partial charge in [-0.2, -0.15) is 5.10 Å². The summed E-state index contributed by atoms with van der Waals surface area (Å²) < 4.78 is 0. The van der Waals surface area contributed by atoms with Crippen molar-refractivity contribution in [3.8, 4) is 0 Å². The smallest absolute Gasteiger partial charge is 0.0562 e. The maximum atomic E-state index is 3.97. The van der Waals surface area contributed by atoms with Crippen molar-refractivity contribution in [1.82, 2.24) is 10.2 Å². The fourth-order valence-corrected chi connectivity index (χ4v) is 1.24. The first-order valence-corrected chi connectivity index (χ1v) is 5.41. The lowest BCUT2D eigenvalue weighted by Gasteiger charge is -1.96. The molecule has 0 atom stereocenters. The number of allylic oxidation sites excluding steroid dienone is 1. The molecule has 2 heteroatoms. The minimum Gasteiger partial charge on any atom is -0.282 e. The monoisotopic (exact) mass is 194 g/mol. The second-order valence-corrected chi connectivity index (χ2v) is 3.19. The first kappa shape index (κ1) is 12.9. The maximum absolute atomic E-state index is 3.97. The molecule has 0 saturated carbocycles. The number of nitrogens with zero attached hydrogens (tertiary/aromatic N) is 1. The molecule has 0 unspecified atom stereocenters. The highest BCUT2D eigenvalue weighted by atomic mass is 15.1. The number of rotatable bonds is 3. The van der Waals surface area contributed by atoms with Crippen molar-refractivity contribution < 1.29 is 0 Å². The van der Waals surface area contributed by atoms with Crippen LogP contribution < -0.4 is 0 Å². The maximum Gasteiger partial charge on any atom is 0.0562 e. The van der Waals surface area contributed by atoms with Gasteiger partial charge in [-0.05, 0) is 20.3 Å². The molecular weight excluding hydrogens is 172 g/mol. The second kappa shape index (κ2) is 7.36. The van der Waals surface area contributed by atoms with Crippen molar-refractivity contribution in [2.24, 2.45) is 0 Å². The van der Waals surface area contributed by atoms with Gasteiger partial charge in [0.05, 0.1) is 6.20 Å². The van der Waals surface area contributed by atoms with Crippen molar-refractivity contribution in [3.05, 3.63) is 23.0 Å². The van der Waals surface area contributed by atoms with E-state index in [0.717, 1.165) is 5.69 Å². The Hall–Kier alpha value is -1.05. The number of hydrogen-bond acceptors (Lipinski definition) is 1. The second-order valence-electron chi connectivity index (χ2n) is 3.19. The Morgan fingerprint density at radius 1 is 1.50 bits per heavy atom. The topological polar surface area (TPSA) is 28.7 Å². The Kier molecular flexibility index (Phi) is 6.81. The first-order valence-electron chi connectivity index (χ1n) is 5.41. The van der Waals surface area contributed by atoms with Gasteiger partial charge in [-0.15, -0.1) is 0 Å². The number of aromatic nitrogens is 2. The third-order valence-corrected chi connectivity index (χ3v) is 1.92. The Morgan fingerprint density at radius 2 is 2.14 bits per heavy atom. The number of H-pyrrole nitrogens is 1. The number of hydrogen-bond donors (Lipinski definition) is 1. The molecule has 2 nitrogen and oxygen atoms in total. The molecule has 0 fully saturated rings. The molecule has 1 aromatic rings. The standard InChI is InChI=1S/C10H16N2.C2H6/c1-4-5-8(2)6-10-7-11-12-9(10)3;1-2/h6-7H,4-5H2,1-3H3,(H,11,12);1-2H3/b8-6+;. The van der Waals surface area contributed by atoms with Crippen LogP contribution in [0.2, 0.25) is 0 Å². The summed E-state index contributed by atoms with van der Waals surface area (Å²) in [5, 5.41) is 6.89. The number of aromatic amines is 1. The molecule has 1 rings (SSSR count). The molecule has 14 heavy (non-hydrogen) atoms. The zero-order valence-corrected chi connectivity index (χ0v) is 10.0. The molecular formula is C12H22N2. The van der Waals surface area contributed by atoms with E-state index in [-0.39, 0.29) is 0 Å². The lowest BCUT2D eigenvalue weighted by molar-refractivity contribution is 0.911. The first-order chi connectivity index (χ1) is 6.74. The SMILES string of the molecule is CC.CCC/C(C)=C/c1cn[nH]c1C. The van der Waals surface area contributed by atoms with Crippen LogP contribution in [0.3, 0.4) is 0 Å². The van der Waals surface area contributed by atoms with E-state index >= 15 is 0 Å². The molecule has 0 aliphatic rings. The van der Waals surface area contributed by atoms with Gasteiger partial charge in [0.2, 0.25) is 0 Å². The van der Waals surface area contributed by atoms with E-state index in [1.54, 1.807) is 0 Å². The average Bonchev–Trinajstić information content (AvgIpc) is 2.56. The fourth-order valence-electron chi connectivity index (χ4n) is 1.24. The molecule has 1 aromatic heterocycles. The summed E-state index contributed by atoms with van der Waals surface area (Å²) in [6.45, 7) is 10.4. The highest BCUT2D eigenvalue weighted by Gasteiger charge is 1.96. The average molecular weight is 194 g/mol. The molecule has 0 radical (unpaired) electrons. The molecule has 0 saturated heterocycles. The predicted molar refractivity (Wildman–Crippen MR) is 63.2 cm³/mol. The highest BCUT2D eigenvalue weighted by Crippen LogP contribution is 2.12. The van der Waals surface area contributed by atoms with Gasteiger partial charge in [0, 0.05) is 11.3 Å². The van der Waals surface area contributed by atoms with Gasteiger partial charge in [0.25, 0.3) is 0 Å². The summed E-state index contributed by atoms with van der Waals surface area (Å²) in [4.78, 5) is 0. The Labute approximate surface area is 87.4 Å². The highest BCUT2D eigenvalue weighted by molar-refractivity contribution is 5.53. The summed E-state index contributed by atoms with van der Waals surface area (Å²) >= 11 is 0. The summed E-state index contributed by atoms with van der Waals surface area (Å²) in [5.41, 5.74) is 3.77.